The Morgan fingerprint density at radius 1 is 0.944 bits per heavy atom. The van der Waals surface area contributed by atoms with Gasteiger partial charge < -0.3 is 4.74 Å². The van der Waals surface area contributed by atoms with Crippen LogP contribution < -0.4 is 0 Å². The van der Waals surface area contributed by atoms with E-state index in [1.54, 1.807) is 0 Å². The molecule has 18 heavy (non-hydrogen) atoms. The highest BCUT2D eigenvalue weighted by Gasteiger charge is 2.24. The summed E-state index contributed by atoms with van der Waals surface area (Å²) in [4.78, 5) is 1.47. The smallest absolute Gasteiger partial charge is 0.169 e. The summed E-state index contributed by atoms with van der Waals surface area (Å²) in [6, 6.07) is 0. The van der Waals surface area contributed by atoms with E-state index in [9.17, 15) is 0 Å². The van der Waals surface area contributed by atoms with E-state index in [2.05, 4.69) is 10.2 Å². The number of hydrogen-bond donors (Lipinski definition) is 0. The summed E-state index contributed by atoms with van der Waals surface area (Å²) in [6.07, 6.45) is 1.66. The second-order valence-corrected chi connectivity index (χ2v) is 5.45. The third-order valence-corrected chi connectivity index (χ3v) is 4.57. The SMILES string of the molecule is Clc1c(Cl)c(Cl)c2nn(C3CCCO3)nc2c1Cl. The van der Waals surface area contributed by atoms with Crippen LogP contribution in [0.2, 0.25) is 20.1 Å². The fourth-order valence-corrected chi connectivity index (χ4v) is 2.80. The fraction of sp³-hybridized carbons (Fsp3) is 0.400. The van der Waals surface area contributed by atoms with E-state index in [0.29, 0.717) is 17.6 Å². The average molecular weight is 327 g/mol. The van der Waals surface area contributed by atoms with Gasteiger partial charge in [-0.05, 0) is 12.8 Å². The first kappa shape index (κ1) is 12.8. The Bertz CT molecular complexity index is 576. The van der Waals surface area contributed by atoms with E-state index < -0.39 is 0 Å². The van der Waals surface area contributed by atoms with Crippen LogP contribution in [0.15, 0.2) is 0 Å². The van der Waals surface area contributed by atoms with Crippen LogP contribution in [-0.4, -0.2) is 21.6 Å². The molecule has 0 aliphatic carbocycles. The molecule has 1 unspecified atom stereocenters. The standard InChI is InChI=1S/C10H7Cl4N3O/c11-5-6(12)8(14)10-9(7(5)13)15-17(16-10)4-2-1-3-18-4/h4H,1-3H2. The summed E-state index contributed by atoms with van der Waals surface area (Å²) < 4.78 is 5.49. The fourth-order valence-electron chi connectivity index (χ4n) is 1.89. The van der Waals surface area contributed by atoms with Crippen molar-refractivity contribution in [2.75, 3.05) is 6.61 Å². The van der Waals surface area contributed by atoms with Crippen LogP contribution in [-0.2, 0) is 4.74 Å². The van der Waals surface area contributed by atoms with Gasteiger partial charge in [0.15, 0.2) is 6.23 Å². The lowest BCUT2D eigenvalue weighted by molar-refractivity contribution is 0.0362. The van der Waals surface area contributed by atoms with E-state index in [4.69, 9.17) is 51.1 Å². The number of nitrogens with zero attached hydrogens (tertiary/aromatic N) is 3. The van der Waals surface area contributed by atoms with Crippen molar-refractivity contribution >= 4 is 57.4 Å². The van der Waals surface area contributed by atoms with Crippen LogP contribution in [0.5, 0.6) is 0 Å². The molecule has 1 saturated heterocycles. The zero-order valence-electron chi connectivity index (χ0n) is 8.96. The number of ether oxygens (including phenoxy) is 1. The van der Waals surface area contributed by atoms with E-state index in [-0.39, 0.29) is 26.3 Å². The van der Waals surface area contributed by atoms with E-state index in [1.807, 2.05) is 0 Å². The maximum Gasteiger partial charge on any atom is 0.169 e. The summed E-state index contributed by atoms with van der Waals surface area (Å²) in [5, 5.41) is 9.45. The van der Waals surface area contributed by atoms with Crippen molar-refractivity contribution in [1.29, 1.82) is 0 Å². The summed E-state index contributed by atoms with van der Waals surface area (Å²) in [5.74, 6) is 0. The summed E-state index contributed by atoms with van der Waals surface area (Å²) in [6.45, 7) is 0.700. The Labute approximate surface area is 123 Å². The molecule has 0 amide bonds. The van der Waals surface area contributed by atoms with Gasteiger partial charge in [-0.1, -0.05) is 46.4 Å². The molecular formula is C10H7Cl4N3O. The molecule has 1 atom stereocenters. The monoisotopic (exact) mass is 325 g/mol. The highest BCUT2D eigenvalue weighted by atomic mass is 35.5. The van der Waals surface area contributed by atoms with Crippen LogP contribution in [0.1, 0.15) is 19.1 Å². The van der Waals surface area contributed by atoms with Crippen LogP contribution in [0, 0.1) is 0 Å². The normalized spacial score (nSPS) is 19.9. The average Bonchev–Trinajstić information content (AvgIpc) is 3.01. The van der Waals surface area contributed by atoms with Crippen molar-refractivity contribution in [1.82, 2.24) is 15.0 Å². The summed E-state index contributed by atoms with van der Waals surface area (Å²) in [7, 11) is 0. The number of aromatic nitrogens is 3. The first-order chi connectivity index (χ1) is 8.59. The maximum absolute atomic E-state index is 6.09. The highest BCUT2D eigenvalue weighted by Crippen LogP contribution is 2.41. The first-order valence-electron chi connectivity index (χ1n) is 5.29. The molecule has 0 bridgehead atoms. The van der Waals surface area contributed by atoms with Crippen molar-refractivity contribution in [2.24, 2.45) is 0 Å². The lowest BCUT2D eigenvalue weighted by Crippen LogP contribution is -2.10. The van der Waals surface area contributed by atoms with Crippen molar-refractivity contribution in [3.8, 4) is 0 Å². The number of halogens is 4. The molecule has 8 heteroatoms. The minimum absolute atomic E-state index is 0.179. The van der Waals surface area contributed by atoms with Gasteiger partial charge in [-0.3, -0.25) is 0 Å². The van der Waals surface area contributed by atoms with Gasteiger partial charge >= 0.3 is 0 Å². The zero-order chi connectivity index (χ0) is 12.9. The minimum atomic E-state index is -0.179. The van der Waals surface area contributed by atoms with Crippen molar-refractivity contribution in [2.45, 2.75) is 19.1 Å². The van der Waals surface area contributed by atoms with Crippen LogP contribution in [0.4, 0.5) is 0 Å². The van der Waals surface area contributed by atoms with Crippen molar-refractivity contribution in [3.63, 3.8) is 0 Å². The van der Waals surface area contributed by atoms with Crippen LogP contribution >= 0.6 is 46.4 Å². The second-order valence-electron chi connectivity index (χ2n) is 3.94. The van der Waals surface area contributed by atoms with Crippen LogP contribution in [0.25, 0.3) is 11.0 Å². The predicted octanol–water partition coefficient (Wildman–Crippen LogP) is 4.35. The van der Waals surface area contributed by atoms with Crippen LogP contribution in [0.3, 0.4) is 0 Å². The summed E-state index contributed by atoms with van der Waals surface area (Å²) in [5.41, 5.74) is 0.873. The molecule has 1 fully saturated rings. The molecule has 1 aromatic heterocycles. The Morgan fingerprint density at radius 3 is 1.94 bits per heavy atom. The molecule has 1 aromatic carbocycles. The molecular weight excluding hydrogens is 320 g/mol. The molecule has 3 rings (SSSR count). The number of fused-ring (bicyclic) bond motifs is 1. The highest BCUT2D eigenvalue weighted by molar-refractivity contribution is 6.54. The topological polar surface area (TPSA) is 39.9 Å². The Hall–Kier alpha value is -0.260. The number of benzene rings is 1. The molecule has 0 saturated carbocycles. The third kappa shape index (κ3) is 1.87. The lowest BCUT2D eigenvalue weighted by Gasteiger charge is -2.06. The molecule has 4 nitrogen and oxygen atoms in total. The van der Waals surface area contributed by atoms with Gasteiger partial charge in [0.2, 0.25) is 0 Å². The van der Waals surface area contributed by atoms with Gasteiger partial charge in [-0.25, -0.2) is 0 Å². The van der Waals surface area contributed by atoms with Gasteiger partial charge in [0.05, 0.1) is 20.1 Å². The van der Waals surface area contributed by atoms with E-state index in [0.717, 1.165) is 12.8 Å². The maximum atomic E-state index is 6.09. The van der Waals surface area contributed by atoms with Gasteiger partial charge in [0.25, 0.3) is 0 Å². The zero-order valence-corrected chi connectivity index (χ0v) is 12.0. The van der Waals surface area contributed by atoms with Gasteiger partial charge in [-0.15, -0.1) is 10.2 Å². The minimum Gasteiger partial charge on any atom is -0.355 e. The predicted molar refractivity (Wildman–Crippen MR) is 71.8 cm³/mol. The van der Waals surface area contributed by atoms with E-state index >= 15 is 0 Å². The van der Waals surface area contributed by atoms with Crippen molar-refractivity contribution < 1.29 is 4.74 Å². The second kappa shape index (κ2) is 4.69. The molecule has 0 radical (unpaired) electrons. The Balaban J connectivity index is 2.22. The molecule has 1 aliphatic heterocycles. The largest absolute Gasteiger partial charge is 0.355 e. The molecule has 0 N–H and O–H groups in total. The van der Waals surface area contributed by atoms with Gasteiger partial charge in [-0.2, -0.15) is 4.80 Å². The van der Waals surface area contributed by atoms with Gasteiger partial charge in [0.1, 0.15) is 11.0 Å². The Morgan fingerprint density at radius 2 is 1.50 bits per heavy atom. The molecule has 1 aliphatic rings. The van der Waals surface area contributed by atoms with Gasteiger partial charge in [0, 0.05) is 6.61 Å². The molecule has 0 spiro atoms. The molecule has 96 valence electrons. The Kier molecular flexibility index (Phi) is 3.32. The third-order valence-electron chi connectivity index (χ3n) is 2.79. The number of rotatable bonds is 1. The van der Waals surface area contributed by atoms with E-state index in [1.165, 1.54) is 4.80 Å². The quantitative estimate of drug-likeness (QED) is 0.577. The summed E-state index contributed by atoms with van der Waals surface area (Å²) >= 11 is 24.1. The lowest BCUT2D eigenvalue weighted by atomic mass is 10.3. The molecule has 2 heterocycles. The first-order valence-corrected chi connectivity index (χ1v) is 6.81. The number of hydrogen-bond acceptors (Lipinski definition) is 3. The van der Waals surface area contributed by atoms with Crippen molar-refractivity contribution in [3.05, 3.63) is 20.1 Å². The molecule has 2 aromatic rings.